The largest absolute Gasteiger partial charge is 0.433 e. The Bertz CT molecular complexity index is 596. The molecular weight excluding hydrogens is 316 g/mol. The SMILES string of the molecule is O=S(=O)(c1ccc(OC(F)F)c(Cl)c1)N1CCC(O)C1. The number of nitrogens with zero attached hydrogens (tertiary/aromatic N) is 1. The third kappa shape index (κ3) is 3.20. The van der Waals surface area contributed by atoms with Crippen LogP contribution in [0.2, 0.25) is 5.02 Å². The van der Waals surface area contributed by atoms with Crippen LogP contribution in [0, 0.1) is 0 Å². The van der Waals surface area contributed by atoms with Gasteiger partial charge in [0.2, 0.25) is 10.0 Å². The molecule has 9 heteroatoms. The van der Waals surface area contributed by atoms with Crippen molar-refractivity contribution >= 4 is 21.6 Å². The molecule has 0 bridgehead atoms. The minimum absolute atomic E-state index is 0.00916. The van der Waals surface area contributed by atoms with Crippen molar-refractivity contribution in [2.45, 2.75) is 24.0 Å². The number of halogens is 3. The Morgan fingerprint density at radius 3 is 2.65 bits per heavy atom. The number of benzene rings is 1. The molecule has 1 aliphatic heterocycles. The van der Waals surface area contributed by atoms with Gasteiger partial charge in [-0.2, -0.15) is 13.1 Å². The number of β-amino-alcohol motifs (C(OH)–C–C–N with tert-alkyl or cyclic N) is 1. The number of aliphatic hydroxyl groups excluding tert-OH is 1. The quantitative estimate of drug-likeness (QED) is 0.914. The van der Waals surface area contributed by atoms with E-state index in [9.17, 15) is 22.3 Å². The fourth-order valence-electron chi connectivity index (χ4n) is 1.91. The van der Waals surface area contributed by atoms with Gasteiger partial charge in [-0.05, 0) is 24.6 Å². The highest BCUT2D eigenvalue weighted by molar-refractivity contribution is 7.89. The Balaban J connectivity index is 2.27. The van der Waals surface area contributed by atoms with E-state index in [1.807, 2.05) is 0 Å². The second-order valence-electron chi connectivity index (χ2n) is 4.28. The third-order valence-corrected chi connectivity index (χ3v) is 5.04. The zero-order valence-electron chi connectivity index (χ0n) is 10.2. The van der Waals surface area contributed by atoms with Crippen LogP contribution in [-0.4, -0.2) is 43.6 Å². The number of hydrogen-bond donors (Lipinski definition) is 1. The Morgan fingerprint density at radius 2 is 2.15 bits per heavy atom. The van der Waals surface area contributed by atoms with Gasteiger partial charge in [-0.1, -0.05) is 11.6 Å². The molecule has 1 atom stereocenters. The highest BCUT2D eigenvalue weighted by atomic mass is 35.5. The van der Waals surface area contributed by atoms with Crippen LogP contribution in [-0.2, 0) is 10.0 Å². The highest BCUT2D eigenvalue weighted by Gasteiger charge is 2.32. The molecule has 1 heterocycles. The predicted molar refractivity (Wildman–Crippen MR) is 67.5 cm³/mol. The van der Waals surface area contributed by atoms with Gasteiger partial charge in [-0.25, -0.2) is 8.42 Å². The van der Waals surface area contributed by atoms with Crippen LogP contribution in [0.3, 0.4) is 0 Å². The fraction of sp³-hybridized carbons (Fsp3) is 0.455. The van der Waals surface area contributed by atoms with E-state index >= 15 is 0 Å². The summed E-state index contributed by atoms with van der Waals surface area (Å²) in [6.07, 6.45) is -0.332. The lowest BCUT2D eigenvalue weighted by molar-refractivity contribution is -0.0498. The highest BCUT2D eigenvalue weighted by Crippen LogP contribution is 2.30. The Kier molecular flexibility index (Phi) is 4.48. The number of aliphatic hydroxyl groups is 1. The molecule has 1 unspecified atom stereocenters. The Morgan fingerprint density at radius 1 is 1.45 bits per heavy atom. The lowest BCUT2D eigenvalue weighted by atomic mass is 10.3. The number of ether oxygens (including phenoxy) is 1. The first-order valence-electron chi connectivity index (χ1n) is 5.73. The van der Waals surface area contributed by atoms with Crippen molar-refractivity contribution < 1.29 is 27.0 Å². The summed E-state index contributed by atoms with van der Waals surface area (Å²) < 4.78 is 53.9. The van der Waals surface area contributed by atoms with Gasteiger partial charge in [-0.3, -0.25) is 0 Å². The summed E-state index contributed by atoms with van der Waals surface area (Å²) in [6, 6.07) is 3.27. The van der Waals surface area contributed by atoms with Crippen LogP contribution in [0.25, 0.3) is 0 Å². The zero-order chi connectivity index (χ0) is 14.9. The van der Waals surface area contributed by atoms with Crippen molar-refractivity contribution in [2.75, 3.05) is 13.1 Å². The minimum Gasteiger partial charge on any atom is -0.433 e. The van der Waals surface area contributed by atoms with E-state index in [-0.39, 0.29) is 28.8 Å². The van der Waals surface area contributed by atoms with Crippen LogP contribution in [0.15, 0.2) is 23.1 Å². The summed E-state index contributed by atoms with van der Waals surface area (Å²) in [7, 11) is -3.79. The van der Waals surface area contributed by atoms with E-state index < -0.39 is 22.7 Å². The first kappa shape index (κ1) is 15.4. The molecule has 1 saturated heterocycles. The topological polar surface area (TPSA) is 66.8 Å². The van der Waals surface area contributed by atoms with Crippen molar-refractivity contribution in [1.29, 1.82) is 0 Å². The molecule has 0 aromatic heterocycles. The Labute approximate surface area is 119 Å². The molecule has 1 fully saturated rings. The molecular formula is C11H12ClF2NO4S. The summed E-state index contributed by atoms with van der Waals surface area (Å²) in [5.74, 6) is -0.290. The number of hydrogen-bond acceptors (Lipinski definition) is 4. The zero-order valence-corrected chi connectivity index (χ0v) is 11.7. The molecule has 1 aromatic rings. The molecule has 0 aliphatic carbocycles. The molecule has 0 saturated carbocycles. The maximum atomic E-state index is 12.2. The van der Waals surface area contributed by atoms with Crippen LogP contribution in [0.5, 0.6) is 5.75 Å². The molecule has 0 amide bonds. The van der Waals surface area contributed by atoms with Gasteiger partial charge in [-0.15, -0.1) is 0 Å². The molecule has 0 spiro atoms. The van der Waals surface area contributed by atoms with E-state index in [0.717, 1.165) is 22.5 Å². The molecule has 20 heavy (non-hydrogen) atoms. The van der Waals surface area contributed by atoms with Gasteiger partial charge < -0.3 is 9.84 Å². The van der Waals surface area contributed by atoms with E-state index in [4.69, 9.17) is 11.6 Å². The summed E-state index contributed by atoms with van der Waals surface area (Å²) in [4.78, 5) is -0.127. The first-order chi connectivity index (χ1) is 9.30. The fourth-order valence-corrected chi connectivity index (χ4v) is 3.72. The molecule has 0 radical (unpaired) electrons. The van der Waals surface area contributed by atoms with Crippen molar-refractivity contribution in [1.82, 2.24) is 4.31 Å². The smallest absolute Gasteiger partial charge is 0.387 e. The lowest BCUT2D eigenvalue weighted by Crippen LogP contribution is -2.29. The number of rotatable bonds is 4. The summed E-state index contributed by atoms with van der Waals surface area (Å²) in [6.45, 7) is -2.82. The van der Waals surface area contributed by atoms with Crippen molar-refractivity contribution in [3.8, 4) is 5.75 Å². The molecule has 2 rings (SSSR count). The van der Waals surface area contributed by atoms with Gasteiger partial charge in [0.15, 0.2) is 0 Å². The number of sulfonamides is 1. The maximum absolute atomic E-state index is 12.2. The Hall–Kier alpha value is -0.960. The van der Waals surface area contributed by atoms with Gasteiger partial charge in [0.05, 0.1) is 16.0 Å². The van der Waals surface area contributed by atoms with Crippen LogP contribution >= 0.6 is 11.6 Å². The monoisotopic (exact) mass is 327 g/mol. The van der Waals surface area contributed by atoms with E-state index in [1.165, 1.54) is 0 Å². The summed E-state index contributed by atoms with van der Waals surface area (Å²) >= 11 is 5.72. The minimum atomic E-state index is -3.79. The van der Waals surface area contributed by atoms with Crippen LogP contribution in [0.4, 0.5) is 8.78 Å². The van der Waals surface area contributed by atoms with Crippen LogP contribution in [0.1, 0.15) is 6.42 Å². The molecule has 1 aliphatic rings. The second kappa shape index (κ2) is 5.80. The molecule has 5 nitrogen and oxygen atoms in total. The average molecular weight is 328 g/mol. The second-order valence-corrected chi connectivity index (χ2v) is 6.62. The van der Waals surface area contributed by atoms with Gasteiger partial charge in [0.25, 0.3) is 0 Å². The van der Waals surface area contributed by atoms with E-state index in [0.29, 0.717) is 6.42 Å². The normalized spacial score (nSPS) is 20.6. The standard InChI is InChI=1S/C11H12ClF2NO4S/c12-9-5-8(1-2-10(9)19-11(13)14)20(17,18)15-4-3-7(16)6-15/h1-2,5,7,11,16H,3-4,6H2. The lowest BCUT2D eigenvalue weighted by Gasteiger charge is -2.16. The van der Waals surface area contributed by atoms with Gasteiger partial charge in [0, 0.05) is 13.1 Å². The first-order valence-corrected chi connectivity index (χ1v) is 7.55. The third-order valence-electron chi connectivity index (χ3n) is 2.88. The molecule has 112 valence electrons. The summed E-state index contributed by atoms with van der Waals surface area (Å²) in [5.41, 5.74) is 0. The van der Waals surface area contributed by atoms with Crippen molar-refractivity contribution in [2.24, 2.45) is 0 Å². The van der Waals surface area contributed by atoms with Gasteiger partial charge in [0.1, 0.15) is 5.75 Å². The average Bonchev–Trinajstić information content (AvgIpc) is 2.78. The van der Waals surface area contributed by atoms with Crippen molar-refractivity contribution in [3.63, 3.8) is 0 Å². The molecule has 1 aromatic carbocycles. The predicted octanol–water partition coefficient (Wildman–Crippen LogP) is 1.70. The van der Waals surface area contributed by atoms with Crippen LogP contribution < -0.4 is 4.74 Å². The van der Waals surface area contributed by atoms with Crippen molar-refractivity contribution in [3.05, 3.63) is 23.2 Å². The molecule has 1 N–H and O–H groups in total. The van der Waals surface area contributed by atoms with E-state index in [1.54, 1.807) is 0 Å². The van der Waals surface area contributed by atoms with E-state index in [2.05, 4.69) is 4.74 Å². The summed E-state index contributed by atoms with van der Waals surface area (Å²) in [5, 5.41) is 9.16. The number of alkyl halides is 2. The maximum Gasteiger partial charge on any atom is 0.387 e. The van der Waals surface area contributed by atoms with Gasteiger partial charge >= 0.3 is 6.61 Å².